The first-order valence-electron chi connectivity index (χ1n) is 9.55. The van der Waals surface area contributed by atoms with Gasteiger partial charge in [-0.1, -0.05) is 30.3 Å². The highest BCUT2D eigenvalue weighted by Crippen LogP contribution is 2.19. The fraction of sp³-hybridized carbons (Fsp3) is 0.333. The van der Waals surface area contributed by atoms with Crippen LogP contribution in [0.25, 0.3) is 5.82 Å². The maximum atomic E-state index is 13.1. The Bertz CT molecular complexity index is 912. The topological polar surface area (TPSA) is 67.2 Å². The quantitative estimate of drug-likeness (QED) is 0.684. The summed E-state index contributed by atoms with van der Waals surface area (Å²) in [5, 5.41) is 7.60. The SMILES string of the molecule is CN(Cc1ccccc1)[C@@H]1CCCN(C(=O)c2ccnc(-n3cnnc3)c2)C1. The molecule has 7 nitrogen and oxygen atoms in total. The van der Waals surface area contributed by atoms with Gasteiger partial charge in [-0.05, 0) is 37.6 Å². The summed E-state index contributed by atoms with van der Waals surface area (Å²) in [6.45, 7) is 2.42. The zero-order chi connectivity index (χ0) is 19.3. The van der Waals surface area contributed by atoms with E-state index in [1.165, 1.54) is 5.56 Å². The van der Waals surface area contributed by atoms with Crippen molar-refractivity contribution >= 4 is 5.91 Å². The van der Waals surface area contributed by atoms with Crippen LogP contribution in [0.1, 0.15) is 28.8 Å². The number of likely N-dealkylation sites (N-methyl/N-ethyl adjacent to an activating group) is 1. The minimum Gasteiger partial charge on any atom is -0.337 e. The van der Waals surface area contributed by atoms with Crippen molar-refractivity contribution in [2.75, 3.05) is 20.1 Å². The van der Waals surface area contributed by atoms with E-state index in [2.05, 4.69) is 51.4 Å². The first-order chi connectivity index (χ1) is 13.7. The van der Waals surface area contributed by atoms with E-state index in [-0.39, 0.29) is 5.91 Å². The molecule has 7 heteroatoms. The minimum atomic E-state index is 0.0505. The summed E-state index contributed by atoms with van der Waals surface area (Å²) >= 11 is 0. The molecule has 3 heterocycles. The number of hydrogen-bond acceptors (Lipinski definition) is 5. The summed E-state index contributed by atoms with van der Waals surface area (Å²) < 4.78 is 1.70. The molecule has 0 saturated carbocycles. The first kappa shape index (κ1) is 18.3. The first-order valence-corrected chi connectivity index (χ1v) is 9.55. The summed E-state index contributed by atoms with van der Waals surface area (Å²) in [4.78, 5) is 21.7. The van der Waals surface area contributed by atoms with Gasteiger partial charge in [-0.15, -0.1) is 10.2 Å². The molecular weight excluding hydrogens is 352 g/mol. The molecule has 1 saturated heterocycles. The van der Waals surface area contributed by atoms with Crippen molar-refractivity contribution in [3.8, 4) is 5.82 Å². The highest BCUT2D eigenvalue weighted by atomic mass is 16.2. The molecular formula is C21H24N6O. The molecule has 1 aromatic carbocycles. The molecule has 1 fully saturated rings. The number of amides is 1. The van der Waals surface area contributed by atoms with Crippen molar-refractivity contribution in [3.05, 3.63) is 72.4 Å². The monoisotopic (exact) mass is 376 g/mol. The van der Waals surface area contributed by atoms with Crippen molar-refractivity contribution in [2.24, 2.45) is 0 Å². The maximum Gasteiger partial charge on any atom is 0.254 e. The summed E-state index contributed by atoms with van der Waals surface area (Å²) in [5.74, 6) is 0.695. The van der Waals surface area contributed by atoms with Crippen LogP contribution >= 0.6 is 0 Å². The van der Waals surface area contributed by atoms with Gasteiger partial charge < -0.3 is 4.90 Å². The van der Waals surface area contributed by atoms with Gasteiger partial charge >= 0.3 is 0 Å². The summed E-state index contributed by atoms with van der Waals surface area (Å²) in [7, 11) is 2.14. The van der Waals surface area contributed by atoms with Gasteiger partial charge in [-0.2, -0.15) is 0 Å². The Morgan fingerprint density at radius 2 is 1.96 bits per heavy atom. The number of carbonyl (C=O) groups excluding carboxylic acids is 1. The number of benzene rings is 1. The van der Waals surface area contributed by atoms with E-state index in [0.29, 0.717) is 17.4 Å². The van der Waals surface area contributed by atoms with E-state index in [9.17, 15) is 4.79 Å². The van der Waals surface area contributed by atoms with Crippen LogP contribution in [0.2, 0.25) is 0 Å². The van der Waals surface area contributed by atoms with Crippen LogP contribution in [-0.4, -0.2) is 61.6 Å². The van der Waals surface area contributed by atoms with Crippen molar-refractivity contribution < 1.29 is 4.79 Å². The number of pyridine rings is 1. The molecule has 3 aromatic rings. The van der Waals surface area contributed by atoms with Crippen LogP contribution in [0.5, 0.6) is 0 Å². The van der Waals surface area contributed by atoms with E-state index >= 15 is 0 Å². The Hall–Kier alpha value is -3.06. The normalized spacial score (nSPS) is 17.1. The van der Waals surface area contributed by atoms with Gasteiger partial charge in [0.2, 0.25) is 0 Å². The van der Waals surface area contributed by atoms with Crippen LogP contribution in [-0.2, 0) is 6.54 Å². The molecule has 0 aliphatic carbocycles. The van der Waals surface area contributed by atoms with Gasteiger partial charge in [-0.25, -0.2) is 4.98 Å². The minimum absolute atomic E-state index is 0.0505. The molecule has 28 heavy (non-hydrogen) atoms. The molecule has 144 valence electrons. The van der Waals surface area contributed by atoms with Crippen LogP contribution in [0.3, 0.4) is 0 Å². The number of nitrogens with zero attached hydrogens (tertiary/aromatic N) is 6. The van der Waals surface area contributed by atoms with Gasteiger partial charge in [0.25, 0.3) is 5.91 Å². The van der Waals surface area contributed by atoms with Crippen LogP contribution in [0.4, 0.5) is 0 Å². The zero-order valence-corrected chi connectivity index (χ0v) is 16.0. The van der Waals surface area contributed by atoms with Crippen molar-refractivity contribution in [1.29, 1.82) is 0 Å². The molecule has 1 aliphatic heterocycles. The maximum absolute atomic E-state index is 13.1. The third kappa shape index (κ3) is 4.09. The number of likely N-dealkylation sites (tertiary alicyclic amines) is 1. The van der Waals surface area contributed by atoms with Gasteiger partial charge in [0, 0.05) is 37.4 Å². The number of hydrogen-bond donors (Lipinski definition) is 0. The number of piperidine rings is 1. The molecule has 2 aromatic heterocycles. The summed E-state index contributed by atoms with van der Waals surface area (Å²) in [6.07, 6.45) is 6.93. The lowest BCUT2D eigenvalue weighted by Crippen LogP contribution is -2.48. The highest BCUT2D eigenvalue weighted by molar-refractivity contribution is 5.94. The molecule has 1 aliphatic rings. The molecule has 0 unspecified atom stereocenters. The number of aromatic nitrogens is 4. The molecule has 0 radical (unpaired) electrons. The van der Waals surface area contributed by atoms with Crippen LogP contribution in [0.15, 0.2) is 61.3 Å². The van der Waals surface area contributed by atoms with E-state index in [0.717, 1.165) is 32.5 Å². The second-order valence-electron chi connectivity index (χ2n) is 7.22. The second kappa shape index (κ2) is 8.31. The molecule has 0 bridgehead atoms. The lowest BCUT2D eigenvalue weighted by molar-refractivity contribution is 0.0602. The molecule has 4 rings (SSSR count). The van der Waals surface area contributed by atoms with E-state index in [1.54, 1.807) is 35.6 Å². The second-order valence-corrected chi connectivity index (χ2v) is 7.22. The summed E-state index contributed by atoms with van der Waals surface area (Å²) in [5.41, 5.74) is 1.94. The van der Waals surface area contributed by atoms with Crippen LogP contribution < -0.4 is 0 Å². The highest BCUT2D eigenvalue weighted by Gasteiger charge is 2.27. The molecule has 1 atom stereocenters. The molecule has 1 amide bonds. The van der Waals surface area contributed by atoms with E-state index < -0.39 is 0 Å². The van der Waals surface area contributed by atoms with Gasteiger partial charge in [-0.3, -0.25) is 14.3 Å². The predicted octanol–water partition coefficient (Wildman–Crippen LogP) is 2.40. The fourth-order valence-corrected chi connectivity index (χ4v) is 3.69. The zero-order valence-electron chi connectivity index (χ0n) is 16.0. The number of carbonyl (C=O) groups is 1. The molecule has 0 spiro atoms. The van der Waals surface area contributed by atoms with Crippen molar-refractivity contribution in [1.82, 2.24) is 29.5 Å². The summed E-state index contributed by atoms with van der Waals surface area (Å²) in [6, 6.07) is 14.4. The third-order valence-corrected chi connectivity index (χ3v) is 5.26. The van der Waals surface area contributed by atoms with Crippen LogP contribution in [0, 0.1) is 0 Å². The Balaban J connectivity index is 1.44. The molecule has 0 N–H and O–H groups in total. The smallest absolute Gasteiger partial charge is 0.254 e. The van der Waals surface area contributed by atoms with Gasteiger partial charge in [0.15, 0.2) is 0 Å². The Morgan fingerprint density at radius 1 is 1.18 bits per heavy atom. The van der Waals surface area contributed by atoms with Gasteiger partial charge in [0.1, 0.15) is 18.5 Å². The van der Waals surface area contributed by atoms with Crippen molar-refractivity contribution in [3.63, 3.8) is 0 Å². The average Bonchev–Trinajstić information content (AvgIpc) is 3.29. The predicted molar refractivity (Wildman–Crippen MR) is 106 cm³/mol. The fourth-order valence-electron chi connectivity index (χ4n) is 3.69. The standard InChI is InChI=1S/C21H24N6O/c1-25(13-17-6-3-2-4-7-17)19-8-5-11-26(14-19)21(28)18-9-10-22-20(12-18)27-15-23-24-16-27/h2-4,6-7,9-10,12,15-16,19H,5,8,11,13-14H2,1H3/t19-/m1/s1. The number of rotatable bonds is 5. The lowest BCUT2D eigenvalue weighted by Gasteiger charge is -2.37. The average molecular weight is 376 g/mol. The van der Waals surface area contributed by atoms with E-state index in [4.69, 9.17) is 0 Å². The van der Waals surface area contributed by atoms with Gasteiger partial charge in [0.05, 0.1) is 0 Å². The van der Waals surface area contributed by atoms with E-state index in [1.807, 2.05) is 11.0 Å². The third-order valence-electron chi connectivity index (χ3n) is 5.26. The lowest BCUT2D eigenvalue weighted by atomic mass is 10.0. The van der Waals surface area contributed by atoms with Crippen molar-refractivity contribution in [2.45, 2.75) is 25.4 Å². The Labute approximate surface area is 164 Å². The Kier molecular flexibility index (Phi) is 5.43. The Morgan fingerprint density at radius 3 is 2.75 bits per heavy atom. The largest absolute Gasteiger partial charge is 0.337 e.